The van der Waals surface area contributed by atoms with Crippen molar-refractivity contribution >= 4 is 5.97 Å². The first-order valence-corrected chi connectivity index (χ1v) is 7.40. The Morgan fingerprint density at radius 3 is 2.86 bits per heavy atom. The number of carboxylic acids is 1. The monoisotopic (exact) mass is 295 g/mol. The molecule has 0 bridgehead atoms. The minimum Gasteiger partial charge on any atom is -0.476 e. The third-order valence-corrected chi connectivity index (χ3v) is 4.21. The maximum absolute atomic E-state index is 10.8. The molecule has 3 heterocycles. The number of morpholine rings is 1. The summed E-state index contributed by atoms with van der Waals surface area (Å²) in [5.41, 5.74) is 0.00242. The van der Waals surface area contributed by atoms with Gasteiger partial charge in [0, 0.05) is 32.2 Å². The molecule has 1 N–H and O–H groups in total. The first-order chi connectivity index (χ1) is 10.2. The standard InChI is InChI=1S/C13H21N5O3/c19-13(20)12-10-18(15-14-12)4-3-16-2-1-11(9-16)17-5-7-21-8-6-17/h10-11H,1-9H2,(H,19,20). The fraction of sp³-hybridized carbons (Fsp3) is 0.769. The van der Waals surface area contributed by atoms with Crippen LogP contribution < -0.4 is 0 Å². The molecule has 8 heteroatoms. The van der Waals surface area contributed by atoms with Gasteiger partial charge >= 0.3 is 5.97 Å². The number of ether oxygens (including phenoxy) is 1. The number of aromatic carboxylic acids is 1. The number of carboxylic acid groups (broad SMARTS) is 1. The van der Waals surface area contributed by atoms with E-state index in [2.05, 4.69) is 20.1 Å². The van der Waals surface area contributed by atoms with Gasteiger partial charge in [-0.3, -0.25) is 14.5 Å². The molecule has 21 heavy (non-hydrogen) atoms. The fourth-order valence-electron chi connectivity index (χ4n) is 3.01. The Morgan fingerprint density at radius 1 is 1.33 bits per heavy atom. The van der Waals surface area contributed by atoms with E-state index >= 15 is 0 Å². The lowest BCUT2D eigenvalue weighted by Gasteiger charge is -2.32. The Balaban J connectivity index is 1.44. The molecule has 3 rings (SSSR count). The van der Waals surface area contributed by atoms with Crippen molar-refractivity contribution < 1.29 is 14.6 Å². The maximum Gasteiger partial charge on any atom is 0.358 e. The third kappa shape index (κ3) is 3.58. The van der Waals surface area contributed by atoms with Gasteiger partial charge in [-0.1, -0.05) is 5.21 Å². The predicted octanol–water partition coefficient (Wildman–Crippen LogP) is -0.617. The summed E-state index contributed by atoms with van der Waals surface area (Å²) in [4.78, 5) is 15.7. The van der Waals surface area contributed by atoms with Crippen LogP contribution in [-0.4, -0.2) is 87.8 Å². The lowest BCUT2D eigenvalue weighted by molar-refractivity contribution is 0.0184. The first kappa shape index (κ1) is 14.4. The van der Waals surface area contributed by atoms with E-state index in [4.69, 9.17) is 9.84 Å². The molecule has 1 aromatic rings. The lowest BCUT2D eigenvalue weighted by Crippen LogP contribution is -2.44. The van der Waals surface area contributed by atoms with Crippen molar-refractivity contribution in [1.82, 2.24) is 24.8 Å². The molecule has 0 radical (unpaired) electrons. The summed E-state index contributed by atoms with van der Waals surface area (Å²) in [6, 6.07) is 0.624. The number of aromatic nitrogens is 3. The van der Waals surface area contributed by atoms with E-state index in [0.717, 1.165) is 45.9 Å². The summed E-state index contributed by atoms with van der Waals surface area (Å²) in [6.45, 7) is 7.45. The number of carbonyl (C=O) groups is 1. The molecule has 0 aromatic carbocycles. The lowest BCUT2D eigenvalue weighted by atomic mass is 10.2. The van der Waals surface area contributed by atoms with E-state index in [9.17, 15) is 4.79 Å². The summed E-state index contributed by atoms with van der Waals surface area (Å²) in [5.74, 6) is -1.03. The van der Waals surface area contributed by atoms with Crippen molar-refractivity contribution in [3.05, 3.63) is 11.9 Å². The second-order valence-electron chi connectivity index (χ2n) is 5.56. The van der Waals surface area contributed by atoms with Crippen molar-refractivity contribution in [1.29, 1.82) is 0 Å². The average Bonchev–Trinajstić information content (AvgIpc) is 3.15. The molecule has 0 spiro atoms. The molecule has 116 valence electrons. The summed E-state index contributed by atoms with van der Waals surface area (Å²) in [7, 11) is 0. The smallest absolute Gasteiger partial charge is 0.358 e. The molecule has 0 amide bonds. The van der Waals surface area contributed by atoms with E-state index in [1.165, 1.54) is 12.6 Å². The van der Waals surface area contributed by atoms with Crippen molar-refractivity contribution in [3.63, 3.8) is 0 Å². The van der Waals surface area contributed by atoms with Crippen LogP contribution >= 0.6 is 0 Å². The van der Waals surface area contributed by atoms with Gasteiger partial charge < -0.3 is 9.84 Å². The zero-order valence-corrected chi connectivity index (χ0v) is 12.0. The van der Waals surface area contributed by atoms with Crippen molar-refractivity contribution in [2.24, 2.45) is 0 Å². The van der Waals surface area contributed by atoms with Gasteiger partial charge in [-0.25, -0.2) is 4.79 Å². The average molecular weight is 295 g/mol. The fourth-order valence-corrected chi connectivity index (χ4v) is 3.01. The van der Waals surface area contributed by atoms with Gasteiger partial charge in [-0.2, -0.15) is 0 Å². The highest BCUT2D eigenvalue weighted by molar-refractivity contribution is 5.84. The number of nitrogens with zero attached hydrogens (tertiary/aromatic N) is 5. The normalized spacial score (nSPS) is 24.5. The van der Waals surface area contributed by atoms with E-state index in [-0.39, 0.29) is 5.69 Å². The number of hydrogen-bond donors (Lipinski definition) is 1. The Bertz CT molecular complexity index is 486. The van der Waals surface area contributed by atoms with E-state index < -0.39 is 5.97 Å². The summed E-state index contributed by atoms with van der Waals surface area (Å²) >= 11 is 0. The Hall–Kier alpha value is -1.51. The number of rotatable bonds is 5. The predicted molar refractivity (Wildman–Crippen MR) is 74.2 cm³/mol. The Morgan fingerprint density at radius 2 is 2.14 bits per heavy atom. The molecule has 0 aliphatic carbocycles. The largest absolute Gasteiger partial charge is 0.476 e. The van der Waals surface area contributed by atoms with Crippen LogP contribution in [0.4, 0.5) is 0 Å². The van der Waals surface area contributed by atoms with Crippen LogP contribution in [0.3, 0.4) is 0 Å². The van der Waals surface area contributed by atoms with Crippen LogP contribution in [0.25, 0.3) is 0 Å². The molecular formula is C13H21N5O3. The zero-order chi connectivity index (χ0) is 14.7. The van der Waals surface area contributed by atoms with Crippen molar-refractivity contribution in [2.45, 2.75) is 19.0 Å². The molecule has 0 saturated carbocycles. The zero-order valence-electron chi connectivity index (χ0n) is 12.0. The molecule has 2 aliphatic heterocycles. The van der Waals surface area contributed by atoms with Gasteiger partial charge in [0.1, 0.15) is 0 Å². The highest BCUT2D eigenvalue weighted by atomic mass is 16.5. The van der Waals surface area contributed by atoms with Crippen molar-refractivity contribution in [3.8, 4) is 0 Å². The van der Waals surface area contributed by atoms with Gasteiger partial charge in [-0.15, -0.1) is 5.10 Å². The van der Waals surface area contributed by atoms with Gasteiger partial charge in [0.25, 0.3) is 0 Å². The molecule has 2 saturated heterocycles. The van der Waals surface area contributed by atoms with Gasteiger partial charge in [0.05, 0.1) is 26.0 Å². The van der Waals surface area contributed by atoms with Crippen LogP contribution in [0.5, 0.6) is 0 Å². The highest BCUT2D eigenvalue weighted by Crippen LogP contribution is 2.16. The summed E-state index contributed by atoms with van der Waals surface area (Å²) in [6.07, 6.45) is 2.68. The van der Waals surface area contributed by atoms with Crippen molar-refractivity contribution in [2.75, 3.05) is 45.9 Å². The Kier molecular flexibility index (Phi) is 4.47. The molecule has 2 aliphatic rings. The second kappa shape index (κ2) is 6.50. The van der Waals surface area contributed by atoms with E-state index in [1.807, 2.05) is 0 Å². The molecule has 8 nitrogen and oxygen atoms in total. The van der Waals surface area contributed by atoms with Gasteiger partial charge in [0.2, 0.25) is 0 Å². The summed E-state index contributed by atoms with van der Waals surface area (Å²) in [5, 5.41) is 16.3. The second-order valence-corrected chi connectivity index (χ2v) is 5.56. The maximum atomic E-state index is 10.8. The minimum atomic E-state index is -1.03. The Labute approximate surface area is 123 Å². The summed E-state index contributed by atoms with van der Waals surface area (Å²) < 4.78 is 6.99. The van der Waals surface area contributed by atoms with Gasteiger partial charge in [-0.05, 0) is 13.0 Å². The van der Waals surface area contributed by atoms with Crippen LogP contribution in [0.1, 0.15) is 16.9 Å². The first-order valence-electron chi connectivity index (χ1n) is 7.40. The van der Waals surface area contributed by atoms with Crippen LogP contribution in [0.2, 0.25) is 0 Å². The van der Waals surface area contributed by atoms with Crippen LogP contribution in [-0.2, 0) is 11.3 Å². The third-order valence-electron chi connectivity index (χ3n) is 4.21. The number of hydrogen-bond acceptors (Lipinski definition) is 6. The molecule has 1 aromatic heterocycles. The SMILES string of the molecule is O=C(O)c1cn(CCN2CCC(N3CCOCC3)C2)nn1. The van der Waals surface area contributed by atoms with Gasteiger partial charge in [0.15, 0.2) is 5.69 Å². The highest BCUT2D eigenvalue weighted by Gasteiger charge is 2.28. The quantitative estimate of drug-likeness (QED) is 0.775. The molecule has 2 fully saturated rings. The minimum absolute atomic E-state index is 0.00242. The van der Waals surface area contributed by atoms with Crippen LogP contribution in [0, 0.1) is 0 Å². The van der Waals surface area contributed by atoms with E-state index in [0.29, 0.717) is 12.6 Å². The topological polar surface area (TPSA) is 83.7 Å². The van der Waals surface area contributed by atoms with Crippen LogP contribution in [0.15, 0.2) is 6.20 Å². The molecule has 1 atom stereocenters. The van der Waals surface area contributed by atoms with E-state index in [1.54, 1.807) is 4.68 Å². The molecular weight excluding hydrogens is 274 g/mol. The number of likely N-dealkylation sites (tertiary alicyclic amines) is 1. The molecule has 1 unspecified atom stereocenters.